The Labute approximate surface area is 238 Å². The summed E-state index contributed by atoms with van der Waals surface area (Å²) in [6, 6.07) is 22.3. The van der Waals surface area contributed by atoms with Crippen molar-refractivity contribution in [3.63, 3.8) is 0 Å². The van der Waals surface area contributed by atoms with Crippen LogP contribution in [0.4, 0.5) is 5.69 Å². The van der Waals surface area contributed by atoms with Crippen molar-refractivity contribution in [1.29, 1.82) is 0 Å². The van der Waals surface area contributed by atoms with Crippen LogP contribution >= 0.6 is 11.8 Å². The topological polar surface area (TPSA) is 106 Å². The standard InChI is InChI=1S/C29H31N5O4S2/c1-20-9-12-23(13-10-20)30-28(35)22(3)39-29-32-31-27(34(29)24-7-5-4-6-8-24)26-19-25(14-11-21(26)2)40(36,37)33-15-17-38-18-16-33/h4-14,19,22H,15-18H2,1-3H3,(H,30,35)/t22-/m1/s1. The van der Waals surface area contributed by atoms with E-state index in [0.29, 0.717) is 42.8 Å². The highest BCUT2D eigenvalue weighted by atomic mass is 32.2. The van der Waals surface area contributed by atoms with Crippen molar-refractivity contribution >= 4 is 33.4 Å². The molecule has 0 spiro atoms. The van der Waals surface area contributed by atoms with Gasteiger partial charge in [0.05, 0.1) is 23.4 Å². The predicted molar refractivity (Wildman–Crippen MR) is 156 cm³/mol. The van der Waals surface area contributed by atoms with Gasteiger partial charge in [-0.05, 0) is 62.7 Å². The maximum absolute atomic E-state index is 13.4. The number of rotatable bonds is 8. The van der Waals surface area contributed by atoms with Gasteiger partial charge in [-0.2, -0.15) is 4.31 Å². The van der Waals surface area contributed by atoms with Gasteiger partial charge in [-0.3, -0.25) is 9.36 Å². The van der Waals surface area contributed by atoms with Crippen molar-refractivity contribution in [2.24, 2.45) is 0 Å². The molecule has 9 nitrogen and oxygen atoms in total. The molecule has 1 aromatic heterocycles. The summed E-state index contributed by atoms with van der Waals surface area (Å²) in [6.45, 7) is 7.10. The summed E-state index contributed by atoms with van der Waals surface area (Å²) in [5.41, 5.74) is 4.14. The Hall–Kier alpha value is -3.51. The summed E-state index contributed by atoms with van der Waals surface area (Å²) >= 11 is 1.29. The highest BCUT2D eigenvalue weighted by Gasteiger charge is 2.28. The molecule has 1 atom stereocenters. The van der Waals surface area contributed by atoms with E-state index < -0.39 is 15.3 Å². The fourth-order valence-corrected chi connectivity index (χ4v) is 6.66. The minimum Gasteiger partial charge on any atom is -0.379 e. The average Bonchev–Trinajstić information content (AvgIpc) is 3.38. The van der Waals surface area contributed by atoms with Crippen LogP contribution in [0.3, 0.4) is 0 Å². The van der Waals surface area contributed by atoms with Gasteiger partial charge in [0, 0.05) is 30.0 Å². The lowest BCUT2D eigenvalue weighted by molar-refractivity contribution is -0.115. The highest BCUT2D eigenvalue weighted by Crippen LogP contribution is 2.33. The molecule has 1 amide bonds. The molecule has 11 heteroatoms. The van der Waals surface area contributed by atoms with Crippen molar-refractivity contribution in [2.75, 3.05) is 31.6 Å². The summed E-state index contributed by atoms with van der Waals surface area (Å²) in [6.07, 6.45) is 0. The summed E-state index contributed by atoms with van der Waals surface area (Å²) < 4.78 is 35.5. The second kappa shape index (κ2) is 11.9. The van der Waals surface area contributed by atoms with Crippen LogP contribution in [0.1, 0.15) is 18.1 Å². The normalized spacial score (nSPS) is 15.1. The fourth-order valence-electron chi connectivity index (χ4n) is 4.36. The molecule has 0 bridgehead atoms. The molecule has 1 aliphatic heterocycles. The third-order valence-corrected chi connectivity index (χ3v) is 9.61. The van der Waals surface area contributed by atoms with Crippen LogP contribution in [0.15, 0.2) is 82.8 Å². The van der Waals surface area contributed by atoms with Gasteiger partial charge in [-0.25, -0.2) is 8.42 Å². The van der Waals surface area contributed by atoms with Crippen LogP contribution in [0.25, 0.3) is 17.1 Å². The zero-order valence-electron chi connectivity index (χ0n) is 22.6. The van der Waals surface area contributed by atoms with Crippen molar-refractivity contribution in [3.8, 4) is 17.1 Å². The van der Waals surface area contributed by atoms with E-state index in [2.05, 4.69) is 15.5 Å². The number of morpholine rings is 1. The molecule has 0 radical (unpaired) electrons. The molecule has 5 rings (SSSR count). The van der Waals surface area contributed by atoms with E-state index in [9.17, 15) is 13.2 Å². The maximum atomic E-state index is 13.4. The third kappa shape index (κ3) is 5.97. The first kappa shape index (κ1) is 28.0. The minimum absolute atomic E-state index is 0.159. The van der Waals surface area contributed by atoms with Gasteiger partial charge in [0.15, 0.2) is 11.0 Å². The number of carbonyl (C=O) groups excluding carboxylic acids is 1. The first-order valence-corrected chi connectivity index (χ1v) is 15.3. The number of aryl methyl sites for hydroxylation is 2. The van der Waals surface area contributed by atoms with Crippen LogP contribution < -0.4 is 5.32 Å². The zero-order valence-corrected chi connectivity index (χ0v) is 24.2. The molecule has 1 saturated heterocycles. The fraction of sp³-hybridized carbons (Fsp3) is 0.276. The minimum atomic E-state index is -3.70. The number of carbonyl (C=O) groups is 1. The lowest BCUT2D eigenvalue weighted by atomic mass is 10.1. The molecular weight excluding hydrogens is 546 g/mol. The van der Waals surface area contributed by atoms with Crippen LogP contribution in [0.2, 0.25) is 0 Å². The van der Waals surface area contributed by atoms with E-state index in [0.717, 1.165) is 22.5 Å². The highest BCUT2D eigenvalue weighted by molar-refractivity contribution is 8.00. The molecular formula is C29H31N5O4S2. The Morgan fingerprint density at radius 1 is 0.975 bits per heavy atom. The van der Waals surface area contributed by atoms with E-state index in [-0.39, 0.29) is 10.8 Å². The second-order valence-electron chi connectivity index (χ2n) is 9.59. The molecule has 0 saturated carbocycles. The Balaban J connectivity index is 1.50. The number of ether oxygens (including phenoxy) is 1. The van der Waals surface area contributed by atoms with Gasteiger partial charge in [0.2, 0.25) is 15.9 Å². The Morgan fingerprint density at radius 3 is 2.38 bits per heavy atom. The molecule has 1 N–H and O–H groups in total. The maximum Gasteiger partial charge on any atom is 0.243 e. The third-order valence-electron chi connectivity index (χ3n) is 6.68. The summed E-state index contributed by atoms with van der Waals surface area (Å²) in [7, 11) is -3.70. The monoisotopic (exact) mass is 577 g/mol. The Morgan fingerprint density at radius 2 is 1.68 bits per heavy atom. The molecule has 40 heavy (non-hydrogen) atoms. The van der Waals surface area contributed by atoms with Crippen molar-refractivity contribution in [3.05, 3.63) is 83.9 Å². The van der Waals surface area contributed by atoms with E-state index in [1.807, 2.05) is 79.9 Å². The summed E-state index contributed by atoms with van der Waals surface area (Å²) in [4.78, 5) is 13.2. The van der Waals surface area contributed by atoms with Gasteiger partial charge in [0.25, 0.3) is 0 Å². The number of nitrogens with one attached hydrogen (secondary N) is 1. The molecule has 1 fully saturated rings. The number of thioether (sulfide) groups is 1. The van der Waals surface area contributed by atoms with E-state index in [1.54, 1.807) is 18.2 Å². The number of hydrogen-bond acceptors (Lipinski definition) is 7. The van der Waals surface area contributed by atoms with Crippen molar-refractivity contribution in [2.45, 2.75) is 36.1 Å². The predicted octanol–water partition coefficient (Wildman–Crippen LogP) is 4.69. The summed E-state index contributed by atoms with van der Waals surface area (Å²) in [5.74, 6) is 0.337. The number of nitrogens with zero attached hydrogens (tertiary/aromatic N) is 4. The number of anilines is 1. The summed E-state index contributed by atoms with van der Waals surface area (Å²) in [5, 5.41) is 11.9. The van der Waals surface area contributed by atoms with Crippen LogP contribution in [-0.4, -0.2) is 64.9 Å². The van der Waals surface area contributed by atoms with Gasteiger partial charge < -0.3 is 10.1 Å². The lowest BCUT2D eigenvalue weighted by Crippen LogP contribution is -2.40. The number of hydrogen-bond donors (Lipinski definition) is 1. The molecule has 2 heterocycles. The molecule has 0 unspecified atom stereocenters. The number of sulfonamides is 1. The van der Waals surface area contributed by atoms with E-state index in [4.69, 9.17) is 4.74 Å². The van der Waals surface area contributed by atoms with Crippen molar-refractivity contribution in [1.82, 2.24) is 19.1 Å². The molecule has 4 aromatic rings. The van der Waals surface area contributed by atoms with Crippen molar-refractivity contribution < 1.29 is 17.9 Å². The van der Waals surface area contributed by atoms with E-state index >= 15 is 0 Å². The van der Waals surface area contributed by atoms with Crippen LogP contribution in [-0.2, 0) is 19.6 Å². The van der Waals surface area contributed by atoms with E-state index in [1.165, 1.54) is 16.1 Å². The zero-order chi connectivity index (χ0) is 28.3. The first-order valence-electron chi connectivity index (χ1n) is 13.0. The molecule has 0 aliphatic carbocycles. The second-order valence-corrected chi connectivity index (χ2v) is 12.8. The number of amides is 1. The first-order chi connectivity index (χ1) is 19.2. The smallest absolute Gasteiger partial charge is 0.243 e. The SMILES string of the molecule is Cc1ccc(NC(=O)[C@@H](C)Sc2nnc(-c3cc(S(=O)(=O)N4CCOCC4)ccc3C)n2-c2ccccc2)cc1. The number of benzene rings is 3. The molecule has 1 aliphatic rings. The molecule has 208 valence electrons. The Kier molecular flexibility index (Phi) is 8.36. The number of aromatic nitrogens is 3. The average molecular weight is 578 g/mol. The van der Waals surface area contributed by atoms with Gasteiger partial charge in [0.1, 0.15) is 0 Å². The lowest BCUT2D eigenvalue weighted by Gasteiger charge is -2.26. The van der Waals surface area contributed by atoms with Crippen LogP contribution in [0.5, 0.6) is 0 Å². The Bertz CT molecular complexity index is 1600. The van der Waals surface area contributed by atoms with Gasteiger partial charge in [-0.1, -0.05) is 53.7 Å². The quantitative estimate of drug-likeness (QED) is 0.303. The van der Waals surface area contributed by atoms with Gasteiger partial charge >= 0.3 is 0 Å². The molecule has 3 aromatic carbocycles. The van der Waals surface area contributed by atoms with Gasteiger partial charge in [-0.15, -0.1) is 10.2 Å². The largest absolute Gasteiger partial charge is 0.379 e. The van der Waals surface area contributed by atoms with Crippen LogP contribution in [0, 0.1) is 13.8 Å². The number of para-hydroxylation sites is 1.